The maximum absolute atomic E-state index is 13.1. The fraction of sp³-hybridized carbons (Fsp3) is 0.273. The molecule has 1 atom stereocenters. The quantitative estimate of drug-likeness (QED) is 0.683. The van der Waals surface area contributed by atoms with Crippen molar-refractivity contribution in [3.8, 4) is 0 Å². The first-order valence-corrected chi connectivity index (χ1v) is 5.02. The van der Waals surface area contributed by atoms with Crippen molar-refractivity contribution >= 4 is 0 Å². The van der Waals surface area contributed by atoms with Crippen molar-refractivity contribution < 1.29 is 26.3 Å². The highest BCUT2D eigenvalue weighted by atomic mass is 19.4. The van der Waals surface area contributed by atoms with Gasteiger partial charge in [0.05, 0.1) is 0 Å². The van der Waals surface area contributed by atoms with E-state index < -0.39 is 29.2 Å². The first-order chi connectivity index (χ1) is 8.67. The molecular weight excluding hydrogens is 274 g/mol. The van der Waals surface area contributed by atoms with Gasteiger partial charge >= 0.3 is 12.4 Å². The summed E-state index contributed by atoms with van der Waals surface area (Å²) in [5.41, 5.74) is -5.13. The fourth-order valence-electron chi connectivity index (χ4n) is 1.66. The van der Waals surface area contributed by atoms with Crippen LogP contribution in [0.4, 0.5) is 26.3 Å². The molecule has 102 valence electrons. The maximum Gasteiger partial charge on any atom is 0.434 e. The van der Waals surface area contributed by atoms with Crippen LogP contribution in [0, 0.1) is 0 Å². The molecule has 2 nitrogen and oxygen atoms in total. The minimum Gasteiger partial charge on any atom is -0.168 e. The molecular formula is C11H6F6N2. The van der Waals surface area contributed by atoms with Crippen molar-refractivity contribution in [3.63, 3.8) is 0 Å². The molecule has 0 radical (unpaired) electrons. The number of nitrogens with zero attached hydrogens (tertiary/aromatic N) is 2. The van der Waals surface area contributed by atoms with Crippen LogP contribution >= 0.6 is 0 Å². The van der Waals surface area contributed by atoms with Crippen LogP contribution in [0.2, 0.25) is 0 Å². The lowest BCUT2D eigenvalue weighted by Gasteiger charge is -2.25. The molecule has 19 heavy (non-hydrogen) atoms. The van der Waals surface area contributed by atoms with E-state index in [1.165, 1.54) is 18.2 Å². The van der Waals surface area contributed by atoms with Crippen molar-refractivity contribution in [1.29, 1.82) is 0 Å². The highest BCUT2D eigenvalue weighted by Gasteiger charge is 2.59. The predicted octanol–water partition coefficient (Wildman–Crippen LogP) is 4.36. The molecule has 0 aromatic heterocycles. The molecule has 0 bridgehead atoms. The first kappa shape index (κ1) is 13.6. The smallest absolute Gasteiger partial charge is 0.168 e. The number of benzene rings is 1. The summed E-state index contributed by atoms with van der Waals surface area (Å²) in [4.78, 5) is 0. The Hall–Kier alpha value is -1.86. The van der Waals surface area contributed by atoms with Gasteiger partial charge in [-0.05, 0) is 11.6 Å². The number of halogens is 6. The van der Waals surface area contributed by atoms with Crippen molar-refractivity contribution in [1.82, 2.24) is 0 Å². The molecule has 8 heteroatoms. The lowest BCUT2D eigenvalue weighted by atomic mass is 9.89. The van der Waals surface area contributed by atoms with E-state index in [1.54, 1.807) is 0 Å². The summed E-state index contributed by atoms with van der Waals surface area (Å²) in [5, 5.41) is 5.49. The van der Waals surface area contributed by atoms with Crippen LogP contribution in [-0.4, -0.2) is 12.4 Å². The molecule has 1 heterocycles. The molecule has 0 amide bonds. The predicted molar refractivity (Wildman–Crippen MR) is 53.2 cm³/mol. The Balaban J connectivity index is 2.59. The third-order valence-electron chi connectivity index (χ3n) is 2.60. The van der Waals surface area contributed by atoms with Gasteiger partial charge in [-0.2, -0.15) is 31.5 Å². The Labute approximate surface area is 103 Å². The molecule has 1 aliphatic heterocycles. The largest absolute Gasteiger partial charge is 0.434 e. The van der Waals surface area contributed by atoms with Crippen LogP contribution in [0.3, 0.4) is 0 Å². The Morgan fingerprint density at radius 1 is 0.895 bits per heavy atom. The lowest BCUT2D eigenvalue weighted by molar-refractivity contribution is -0.174. The van der Waals surface area contributed by atoms with E-state index in [4.69, 9.17) is 0 Å². The van der Waals surface area contributed by atoms with Crippen molar-refractivity contribution in [2.24, 2.45) is 10.2 Å². The number of alkyl halides is 6. The van der Waals surface area contributed by atoms with Crippen LogP contribution in [0.5, 0.6) is 0 Å². The molecule has 1 aromatic rings. The Kier molecular flexibility index (Phi) is 2.91. The zero-order valence-electron chi connectivity index (χ0n) is 9.13. The summed E-state index contributed by atoms with van der Waals surface area (Å²) in [6.07, 6.45) is -9.97. The second-order valence-electron chi connectivity index (χ2n) is 3.86. The molecule has 0 spiro atoms. The Morgan fingerprint density at radius 3 is 1.89 bits per heavy atom. The zero-order chi connectivity index (χ0) is 14.3. The van der Waals surface area contributed by atoms with Gasteiger partial charge in [0, 0.05) is 0 Å². The second kappa shape index (κ2) is 4.07. The molecule has 2 rings (SSSR count). The van der Waals surface area contributed by atoms with Gasteiger partial charge in [-0.15, -0.1) is 5.11 Å². The van der Waals surface area contributed by atoms with Gasteiger partial charge in [-0.1, -0.05) is 30.3 Å². The average molecular weight is 280 g/mol. The fourth-order valence-corrected chi connectivity index (χ4v) is 1.66. The number of rotatable bonds is 1. The van der Waals surface area contributed by atoms with E-state index in [0.29, 0.717) is 0 Å². The highest BCUT2D eigenvalue weighted by molar-refractivity contribution is 5.37. The first-order valence-electron chi connectivity index (χ1n) is 5.02. The lowest BCUT2D eigenvalue weighted by Crippen LogP contribution is -2.37. The second-order valence-corrected chi connectivity index (χ2v) is 3.86. The zero-order valence-corrected chi connectivity index (χ0v) is 9.13. The summed E-state index contributed by atoms with van der Waals surface area (Å²) in [5.74, 6) is 0. The Morgan fingerprint density at radius 2 is 1.47 bits per heavy atom. The van der Waals surface area contributed by atoms with E-state index in [9.17, 15) is 26.3 Å². The van der Waals surface area contributed by atoms with Gasteiger partial charge in [0.25, 0.3) is 0 Å². The molecule has 0 saturated heterocycles. The van der Waals surface area contributed by atoms with Crippen molar-refractivity contribution in [3.05, 3.63) is 47.7 Å². The summed E-state index contributed by atoms with van der Waals surface area (Å²) in [6.45, 7) is 0. The average Bonchev–Trinajstić information content (AvgIpc) is 2.75. The number of hydrogen-bond acceptors (Lipinski definition) is 2. The van der Waals surface area contributed by atoms with Gasteiger partial charge in [-0.3, -0.25) is 0 Å². The van der Waals surface area contributed by atoms with Crippen LogP contribution < -0.4 is 0 Å². The molecule has 1 aromatic carbocycles. The normalized spacial score (nSPS) is 23.6. The van der Waals surface area contributed by atoms with Gasteiger partial charge in [-0.25, -0.2) is 0 Å². The van der Waals surface area contributed by atoms with Crippen LogP contribution in [0.1, 0.15) is 5.56 Å². The minimum atomic E-state index is -5.01. The van der Waals surface area contributed by atoms with Crippen LogP contribution in [0.15, 0.2) is 52.3 Å². The number of azo groups is 1. The molecule has 1 aliphatic rings. The third-order valence-corrected chi connectivity index (χ3v) is 2.60. The van der Waals surface area contributed by atoms with Crippen LogP contribution in [-0.2, 0) is 5.54 Å². The SMILES string of the molecule is FC(F)(F)C1=CC(c2ccccc2)(C(F)(F)F)N=N1. The van der Waals surface area contributed by atoms with Crippen molar-refractivity contribution in [2.75, 3.05) is 0 Å². The van der Waals surface area contributed by atoms with E-state index in [-0.39, 0.29) is 6.08 Å². The summed E-state index contributed by atoms with van der Waals surface area (Å²) in [6, 6.07) is 6.15. The van der Waals surface area contributed by atoms with E-state index in [1.807, 2.05) is 0 Å². The monoisotopic (exact) mass is 280 g/mol. The number of hydrogen-bond donors (Lipinski definition) is 0. The van der Waals surface area contributed by atoms with Crippen molar-refractivity contribution in [2.45, 2.75) is 17.9 Å². The summed E-state index contributed by atoms with van der Waals surface area (Å²) >= 11 is 0. The van der Waals surface area contributed by atoms with E-state index >= 15 is 0 Å². The molecule has 0 saturated carbocycles. The molecule has 1 unspecified atom stereocenters. The standard InChI is InChI=1S/C11H6F6N2/c12-10(13,14)8-6-9(19-18-8,11(15,16)17)7-4-2-1-3-5-7/h1-6H. The maximum atomic E-state index is 13.1. The highest BCUT2D eigenvalue weighted by Crippen LogP contribution is 2.49. The molecule has 0 N–H and O–H groups in total. The molecule has 0 fully saturated rings. The van der Waals surface area contributed by atoms with E-state index in [0.717, 1.165) is 12.1 Å². The summed E-state index contributed by atoms with van der Waals surface area (Å²) < 4.78 is 76.5. The van der Waals surface area contributed by atoms with Gasteiger partial charge in [0.15, 0.2) is 5.70 Å². The van der Waals surface area contributed by atoms with Gasteiger partial charge in [0.1, 0.15) is 0 Å². The molecule has 0 aliphatic carbocycles. The van der Waals surface area contributed by atoms with Gasteiger partial charge < -0.3 is 0 Å². The van der Waals surface area contributed by atoms with Crippen LogP contribution in [0.25, 0.3) is 0 Å². The third kappa shape index (κ3) is 2.22. The summed E-state index contributed by atoms with van der Waals surface area (Å²) in [7, 11) is 0. The van der Waals surface area contributed by atoms with E-state index in [2.05, 4.69) is 10.2 Å². The topological polar surface area (TPSA) is 24.7 Å². The minimum absolute atomic E-state index is 0.00231. The Bertz CT molecular complexity index is 528. The number of allylic oxidation sites excluding steroid dienone is 1. The van der Waals surface area contributed by atoms with Gasteiger partial charge in [0.2, 0.25) is 5.54 Å².